The van der Waals surface area contributed by atoms with Gasteiger partial charge in [0.15, 0.2) is 0 Å². The van der Waals surface area contributed by atoms with Crippen molar-refractivity contribution in [1.29, 1.82) is 0 Å². The van der Waals surface area contributed by atoms with Crippen molar-refractivity contribution < 1.29 is 0 Å². The van der Waals surface area contributed by atoms with Crippen LogP contribution >= 0.6 is 0 Å². The maximum atomic E-state index is 2.42. The topological polar surface area (TPSA) is 0 Å². The zero-order valence-corrected chi connectivity index (χ0v) is 10.1. The highest BCUT2D eigenvalue weighted by Crippen LogP contribution is 2.26. The molecule has 1 aliphatic carbocycles. The highest BCUT2D eigenvalue weighted by molar-refractivity contribution is 4.86. The quantitative estimate of drug-likeness (QED) is 0.526. The van der Waals surface area contributed by atoms with Gasteiger partial charge in [-0.15, -0.1) is 0 Å². The highest BCUT2D eigenvalue weighted by Gasteiger charge is 2.14. The van der Waals surface area contributed by atoms with Gasteiger partial charge >= 0.3 is 0 Å². The number of allylic oxidation sites excluding steroid dienone is 2. The molecule has 0 nitrogen and oxygen atoms in total. The first-order chi connectivity index (χ1) is 6.70. The van der Waals surface area contributed by atoms with E-state index in [0.29, 0.717) is 0 Å². The maximum Gasteiger partial charge on any atom is -0.0320 e. The van der Waals surface area contributed by atoms with Gasteiger partial charge in [-0.25, -0.2) is 0 Å². The van der Waals surface area contributed by atoms with E-state index in [1.165, 1.54) is 38.5 Å². The van der Waals surface area contributed by atoms with Gasteiger partial charge in [0.25, 0.3) is 0 Å². The van der Waals surface area contributed by atoms with E-state index < -0.39 is 0 Å². The van der Waals surface area contributed by atoms with Crippen LogP contribution in [0.15, 0.2) is 12.2 Å². The molecule has 0 amide bonds. The zero-order valence-electron chi connectivity index (χ0n) is 10.1. The molecular formula is C14H26. The Kier molecular flexibility index (Phi) is 5.29. The summed E-state index contributed by atoms with van der Waals surface area (Å²) in [5.74, 6) is 2.72. The summed E-state index contributed by atoms with van der Waals surface area (Å²) in [4.78, 5) is 0. The first-order valence-corrected chi connectivity index (χ1v) is 6.35. The second-order valence-electron chi connectivity index (χ2n) is 5.32. The molecule has 1 aliphatic rings. The Hall–Kier alpha value is -0.260. The van der Waals surface area contributed by atoms with E-state index in [2.05, 4.69) is 32.9 Å². The van der Waals surface area contributed by atoms with Crippen molar-refractivity contribution in [1.82, 2.24) is 0 Å². The van der Waals surface area contributed by atoms with Crippen LogP contribution in [0.25, 0.3) is 0 Å². The molecular weight excluding hydrogens is 168 g/mol. The van der Waals surface area contributed by atoms with Crippen LogP contribution in [0.3, 0.4) is 0 Å². The Balaban J connectivity index is 2.46. The third kappa shape index (κ3) is 4.30. The molecule has 0 radical (unpaired) electrons. The van der Waals surface area contributed by atoms with E-state index in [1.54, 1.807) is 0 Å². The molecule has 0 saturated heterocycles. The summed E-state index contributed by atoms with van der Waals surface area (Å²) < 4.78 is 0. The van der Waals surface area contributed by atoms with E-state index in [1.807, 2.05) is 0 Å². The van der Waals surface area contributed by atoms with Gasteiger partial charge in [0, 0.05) is 0 Å². The molecule has 0 heterocycles. The van der Waals surface area contributed by atoms with Gasteiger partial charge < -0.3 is 0 Å². The fourth-order valence-corrected chi connectivity index (χ4v) is 2.34. The highest BCUT2D eigenvalue weighted by atomic mass is 14.2. The molecule has 1 rings (SSSR count). The van der Waals surface area contributed by atoms with Crippen LogP contribution in [0.1, 0.15) is 59.3 Å². The Morgan fingerprint density at radius 1 is 1.07 bits per heavy atom. The minimum atomic E-state index is 0.853. The summed E-state index contributed by atoms with van der Waals surface area (Å²) in [6.45, 7) is 7.16. The van der Waals surface area contributed by atoms with Crippen molar-refractivity contribution in [3.05, 3.63) is 12.2 Å². The predicted molar refractivity (Wildman–Crippen MR) is 64.3 cm³/mol. The van der Waals surface area contributed by atoms with Gasteiger partial charge in [-0.3, -0.25) is 0 Å². The van der Waals surface area contributed by atoms with Crippen LogP contribution < -0.4 is 0 Å². The predicted octanol–water partition coefficient (Wildman–Crippen LogP) is 4.81. The lowest BCUT2D eigenvalue weighted by Crippen LogP contribution is -2.10. The summed E-state index contributed by atoms with van der Waals surface area (Å²) in [5.41, 5.74) is 0. The van der Waals surface area contributed by atoms with Crippen LogP contribution in [0, 0.1) is 17.8 Å². The van der Waals surface area contributed by atoms with Gasteiger partial charge in [0.2, 0.25) is 0 Å². The normalized spacial score (nSPS) is 30.6. The fourth-order valence-electron chi connectivity index (χ4n) is 2.34. The Labute approximate surface area is 89.8 Å². The SMILES string of the molecule is CC1CCCC=CCC(C(C)C)CC1. The van der Waals surface area contributed by atoms with Gasteiger partial charge in [0.1, 0.15) is 0 Å². The van der Waals surface area contributed by atoms with Crippen molar-refractivity contribution in [2.75, 3.05) is 0 Å². The van der Waals surface area contributed by atoms with Crippen molar-refractivity contribution >= 4 is 0 Å². The van der Waals surface area contributed by atoms with Crippen LogP contribution in [0.4, 0.5) is 0 Å². The molecule has 0 aromatic carbocycles. The molecule has 0 aromatic rings. The summed E-state index contributed by atoms with van der Waals surface area (Å²) >= 11 is 0. The third-order valence-electron chi connectivity index (χ3n) is 3.65. The third-order valence-corrected chi connectivity index (χ3v) is 3.65. The first-order valence-electron chi connectivity index (χ1n) is 6.35. The molecule has 2 atom stereocenters. The molecule has 0 fully saturated rings. The van der Waals surface area contributed by atoms with E-state index in [4.69, 9.17) is 0 Å². The summed E-state index contributed by atoms with van der Waals surface area (Å²) in [6.07, 6.45) is 13.1. The van der Waals surface area contributed by atoms with E-state index >= 15 is 0 Å². The van der Waals surface area contributed by atoms with E-state index in [0.717, 1.165) is 17.8 Å². The molecule has 0 aliphatic heterocycles. The lowest BCUT2D eigenvalue weighted by Gasteiger charge is -2.22. The summed E-state index contributed by atoms with van der Waals surface area (Å²) in [5, 5.41) is 0. The smallest absolute Gasteiger partial charge is 0.0320 e. The first kappa shape index (κ1) is 11.8. The molecule has 2 unspecified atom stereocenters. The Morgan fingerprint density at radius 3 is 2.57 bits per heavy atom. The number of hydrogen-bond acceptors (Lipinski definition) is 0. The molecule has 0 spiro atoms. The van der Waals surface area contributed by atoms with Gasteiger partial charge in [-0.2, -0.15) is 0 Å². The van der Waals surface area contributed by atoms with Gasteiger partial charge in [-0.05, 0) is 43.4 Å². The lowest BCUT2D eigenvalue weighted by molar-refractivity contribution is 0.318. The monoisotopic (exact) mass is 194 g/mol. The average molecular weight is 194 g/mol. The molecule has 82 valence electrons. The maximum absolute atomic E-state index is 2.42. The molecule has 0 saturated carbocycles. The van der Waals surface area contributed by atoms with Crippen LogP contribution in [0.2, 0.25) is 0 Å². The van der Waals surface area contributed by atoms with Crippen LogP contribution in [-0.4, -0.2) is 0 Å². The Morgan fingerprint density at radius 2 is 1.86 bits per heavy atom. The molecule has 0 aromatic heterocycles. The largest absolute Gasteiger partial charge is 0.0885 e. The summed E-state index contributed by atoms with van der Waals surface area (Å²) in [7, 11) is 0. The minimum Gasteiger partial charge on any atom is -0.0885 e. The van der Waals surface area contributed by atoms with E-state index in [-0.39, 0.29) is 0 Å². The number of hydrogen-bond donors (Lipinski definition) is 0. The average Bonchev–Trinajstić information content (AvgIpc) is 2.15. The minimum absolute atomic E-state index is 0.853. The standard InChI is InChI=1S/C14H26/c1-12(2)14-9-7-5-4-6-8-13(3)10-11-14/h5,7,12-14H,4,6,8-11H2,1-3H3. The van der Waals surface area contributed by atoms with E-state index in [9.17, 15) is 0 Å². The van der Waals surface area contributed by atoms with Crippen LogP contribution in [-0.2, 0) is 0 Å². The molecule has 14 heavy (non-hydrogen) atoms. The number of rotatable bonds is 1. The van der Waals surface area contributed by atoms with Gasteiger partial charge in [-0.1, -0.05) is 45.8 Å². The zero-order chi connectivity index (χ0) is 10.4. The van der Waals surface area contributed by atoms with Crippen molar-refractivity contribution in [2.24, 2.45) is 17.8 Å². The van der Waals surface area contributed by atoms with Gasteiger partial charge in [0.05, 0.1) is 0 Å². The van der Waals surface area contributed by atoms with Crippen LogP contribution in [0.5, 0.6) is 0 Å². The van der Waals surface area contributed by atoms with Crippen molar-refractivity contribution in [3.63, 3.8) is 0 Å². The Bertz CT molecular complexity index is 167. The second kappa shape index (κ2) is 6.27. The lowest BCUT2D eigenvalue weighted by atomic mass is 9.84. The molecule has 0 bridgehead atoms. The molecule has 0 heteroatoms. The fraction of sp³-hybridized carbons (Fsp3) is 0.857. The van der Waals surface area contributed by atoms with Crippen molar-refractivity contribution in [3.8, 4) is 0 Å². The summed E-state index contributed by atoms with van der Waals surface area (Å²) in [6, 6.07) is 0. The van der Waals surface area contributed by atoms with Crippen molar-refractivity contribution in [2.45, 2.75) is 59.3 Å². The molecule has 0 N–H and O–H groups in total. The second-order valence-corrected chi connectivity index (χ2v) is 5.32.